The first-order valence-electron chi connectivity index (χ1n) is 6.30. The van der Waals surface area contributed by atoms with Crippen molar-refractivity contribution < 1.29 is 5.11 Å². The van der Waals surface area contributed by atoms with Crippen LogP contribution < -0.4 is 4.90 Å². The van der Waals surface area contributed by atoms with Gasteiger partial charge in [0.05, 0.1) is 11.5 Å². The standard InChI is InChI=1S/C12H19N3OS/c1-14-9-2-3-10(14)7-15(5-4-9)12-13-6-11(8-16)17-12/h6,9-10,16H,2-5,7-8H2,1H3. The maximum Gasteiger partial charge on any atom is 0.185 e. The van der Waals surface area contributed by atoms with Gasteiger partial charge >= 0.3 is 0 Å². The molecular formula is C12H19N3OS. The smallest absolute Gasteiger partial charge is 0.185 e. The third-order valence-electron chi connectivity index (χ3n) is 4.12. The summed E-state index contributed by atoms with van der Waals surface area (Å²) in [5, 5.41) is 10.2. The molecule has 2 bridgehead atoms. The maximum atomic E-state index is 9.10. The van der Waals surface area contributed by atoms with E-state index in [1.807, 2.05) is 0 Å². The monoisotopic (exact) mass is 253 g/mol. The van der Waals surface area contributed by atoms with E-state index in [2.05, 4.69) is 21.8 Å². The summed E-state index contributed by atoms with van der Waals surface area (Å²) >= 11 is 1.62. The van der Waals surface area contributed by atoms with Crippen LogP contribution in [0.1, 0.15) is 24.1 Å². The SMILES string of the molecule is CN1C2CCC1CN(c1ncc(CO)s1)CC2. The van der Waals surface area contributed by atoms with E-state index in [4.69, 9.17) is 5.11 Å². The molecule has 3 heterocycles. The van der Waals surface area contributed by atoms with E-state index < -0.39 is 0 Å². The van der Waals surface area contributed by atoms with Crippen LogP contribution in [-0.4, -0.2) is 47.2 Å². The summed E-state index contributed by atoms with van der Waals surface area (Å²) in [5.41, 5.74) is 0. The fourth-order valence-corrected chi connectivity index (χ4v) is 3.80. The van der Waals surface area contributed by atoms with Gasteiger partial charge in [0.1, 0.15) is 0 Å². The Morgan fingerprint density at radius 2 is 2.24 bits per heavy atom. The molecule has 17 heavy (non-hydrogen) atoms. The minimum atomic E-state index is 0.109. The van der Waals surface area contributed by atoms with Crippen LogP contribution in [0, 0.1) is 0 Å². The number of hydrogen-bond acceptors (Lipinski definition) is 5. The van der Waals surface area contributed by atoms with Crippen LogP contribution in [0.4, 0.5) is 5.13 Å². The van der Waals surface area contributed by atoms with Crippen LogP contribution >= 0.6 is 11.3 Å². The molecule has 2 fully saturated rings. The van der Waals surface area contributed by atoms with Gasteiger partial charge in [0.25, 0.3) is 0 Å². The Labute approximate surface area is 106 Å². The van der Waals surface area contributed by atoms with Crippen LogP contribution in [-0.2, 0) is 6.61 Å². The lowest BCUT2D eigenvalue weighted by atomic mass is 10.1. The molecular weight excluding hydrogens is 234 g/mol. The van der Waals surface area contributed by atoms with Gasteiger partial charge in [0.15, 0.2) is 5.13 Å². The summed E-state index contributed by atoms with van der Waals surface area (Å²) in [6, 6.07) is 1.45. The van der Waals surface area contributed by atoms with Crippen molar-refractivity contribution in [2.45, 2.75) is 38.0 Å². The number of aromatic nitrogens is 1. The predicted molar refractivity (Wildman–Crippen MR) is 69.4 cm³/mol. The van der Waals surface area contributed by atoms with E-state index in [9.17, 15) is 0 Å². The zero-order chi connectivity index (χ0) is 11.8. The average Bonchev–Trinajstić information content (AvgIpc) is 2.86. The number of rotatable bonds is 2. The van der Waals surface area contributed by atoms with Crippen molar-refractivity contribution in [2.75, 3.05) is 25.0 Å². The molecule has 94 valence electrons. The molecule has 0 saturated carbocycles. The first-order chi connectivity index (χ1) is 8.28. The summed E-state index contributed by atoms with van der Waals surface area (Å²) in [6.07, 6.45) is 5.71. The largest absolute Gasteiger partial charge is 0.391 e. The number of likely N-dealkylation sites (N-methyl/N-ethyl adjacent to an activating group) is 1. The third-order valence-corrected chi connectivity index (χ3v) is 5.16. The van der Waals surface area contributed by atoms with Gasteiger partial charge in [0.2, 0.25) is 0 Å². The maximum absolute atomic E-state index is 9.10. The van der Waals surface area contributed by atoms with E-state index in [0.29, 0.717) is 6.04 Å². The van der Waals surface area contributed by atoms with Crippen LogP contribution in [0.3, 0.4) is 0 Å². The zero-order valence-electron chi connectivity index (χ0n) is 10.2. The normalized spacial score (nSPS) is 29.6. The lowest BCUT2D eigenvalue weighted by Gasteiger charge is -2.25. The van der Waals surface area contributed by atoms with Crippen molar-refractivity contribution in [3.05, 3.63) is 11.1 Å². The lowest BCUT2D eigenvalue weighted by Crippen LogP contribution is -2.36. The summed E-state index contributed by atoms with van der Waals surface area (Å²) < 4.78 is 0. The topological polar surface area (TPSA) is 39.6 Å². The van der Waals surface area contributed by atoms with Crippen LogP contribution in [0.15, 0.2) is 6.20 Å². The molecule has 2 aliphatic heterocycles. The quantitative estimate of drug-likeness (QED) is 0.862. The van der Waals surface area contributed by atoms with E-state index >= 15 is 0 Å². The molecule has 1 N–H and O–H groups in total. The number of fused-ring (bicyclic) bond motifs is 2. The number of nitrogens with zero attached hydrogens (tertiary/aromatic N) is 3. The van der Waals surface area contributed by atoms with Gasteiger partial charge in [-0.2, -0.15) is 0 Å². The highest BCUT2D eigenvalue weighted by molar-refractivity contribution is 7.15. The Morgan fingerprint density at radius 3 is 3.00 bits per heavy atom. The fourth-order valence-electron chi connectivity index (χ4n) is 3.00. The number of aliphatic hydroxyl groups is 1. The number of thiazole rings is 1. The van der Waals surface area contributed by atoms with Crippen LogP contribution in [0.5, 0.6) is 0 Å². The van der Waals surface area contributed by atoms with Gasteiger partial charge < -0.3 is 10.0 Å². The Bertz CT molecular complexity index is 395. The lowest BCUT2D eigenvalue weighted by molar-refractivity contribution is 0.254. The molecule has 2 unspecified atom stereocenters. The Kier molecular flexibility index (Phi) is 3.06. The van der Waals surface area contributed by atoms with Crippen molar-refractivity contribution in [3.8, 4) is 0 Å². The van der Waals surface area contributed by atoms with Crippen molar-refractivity contribution in [3.63, 3.8) is 0 Å². The number of anilines is 1. The van der Waals surface area contributed by atoms with Gasteiger partial charge in [-0.3, -0.25) is 4.90 Å². The van der Waals surface area contributed by atoms with E-state index in [1.165, 1.54) is 19.3 Å². The first-order valence-corrected chi connectivity index (χ1v) is 7.12. The number of aliphatic hydroxyl groups excluding tert-OH is 1. The van der Waals surface area contributed by atoms with E-state index in [0.717, 1.165) is 29.1 Å². The molecule has 0 aliphatic carbocycles. The van der Waals surface area contributed by atoms with Gasteiger partial charge in [-0.15, -0.1) is 0 Å². The molecule has 0 aromatic carbocycles. The zero-order valence-corrected chi connectivity index (χ0v) is 11.0. The van der Waals surface area contributed by atoms with Crippen molar-refractivity contribution in [1.29, 1.82) is 0 Å². The molecule has 0 amide bonds. The van der Waals surface area contributed by atoms with Crippen molar-refractivity contribution >= 4 is 16.5 Å². The van der Waals surface area contributed by atoms with Gasteiger partial charge in [-0.05, 0) is 26.3 Å². The minimum Gasteiger partial charge on any atom is -0.391 e. The molecule has 2 atom stereocenters. The molecule has 4 nitrogen and oxygen atoms in total. The molecule has 1 aromatic heterocycles. The Hall–Kier alpha value is -0.650. The minimum absolute atomic E-state index is 0.109. The second-order valence-electron chi connectivity index (χ2n) is 5.05. The Balaban J connectivity index is 1.76. The molecule has 0 radical (unpaired) electrons. The fraction of sp³-hybridized carbons (Fsp3) is 0.750. The summed E-state index contributed by atoms with van der Waals surface area (Å²) in [7, 11) is 2.26. The number of hydrogen-bond donors (Lipinski definition) is 1. The highest BCUT2D eigenvalue weighted by Crippen LogP contribution is 2.32. The van der Waals surface area contributed by atoms with Gasteiger partial charge in [-0.1, -0.05) is 11.3 Å². The Morgan fingerprint density at radius 1 is 1.41 bits per heavy atom. The van der Waals surface area contributed by atoms with Gasteiger partial charge in [-0.25, -0.2) is 4.98 Å². The molecule has 3 rings (SSSR count). The second kappa shape index (κ2) is 4.55. The molecule has 5 heteroatoms. The predicted octanol–water partition coefficient (Wildman–Crippen LogP) is 1.31. The molecule has 1 aromatic rings. The van der Waals surface area contributed by atoms with Crippen molar-refractivity contribution in [1.82, 2.24) is 9.88 Å². The highest BCUT2D eigenvalue weighted by atomic mass is 32.1. The average molecular weight is 253 g/mol. The molecule has 2 aliphatic rings. The van der Waals surface area contributed by atoms with E-state index in [1.54, 1.807) is 17.5 Å². The van der Waals surface area contributed by atoms with E-state index in [-0.39, 0.29) is 6.61 Å². The molecule has 0 spiro atoms. The summed E-state index contributed by atoms with van der Waals surface area (Å²) in [5.74, 6) is 0. The highest BCUT2D eigenvalue weighted by Gasteiger charge is 2.35. The molecule has 2 saturated heterocycles. The first kappa shape index (κ1) is 11.4. The second-order valence-corrected chi connectivity index (χ2v) is 6.15. The summed E-state index contributed by atoms with van der Waals surface area (Å²) in [6.45, 7) is 2.30. The van der Waals surface area contributed by atoms with Gasteiger partial charge in [0, 0.05) is 31.4 Å². The summed E-state index contributed by atoms with van der Waals surface area (Å²) in [4.78, 5) is 10.3. The van der Waals surface area contributed by atoms with Crippen LogP contribution in [0.2, 0.25) is 0 Å². The van der Waals surface area contributed by atoms with Crippen molar-refractivity contribution in [2.24, 2.45) is 0 Å². The van der Waals surface area contributed by atoms with Crippen LogP contribution in [0.25, 0.3) is 0 Å². The third kappa shape index (κ3) is 2.07.